The zero-order chi connectivity index (χ0) is 22.3. The van der Waals surface area contributed by atoms with Crippen LogP contribution in [0.15, 0.2) is 42.5 Å². The lowest BCUT2D eigenvalue weighted by molar-refractivity contribution is -0.137. The normalized spacial score (nSPS) is 29.9. The van der Waals surface area contributed by atoms with Gasteiger partial charge < -0.3 is 19.5 Å². The van der Waals surface area contributed by atoms with Gasteiger partial charge in [0.25, 0.3) is 0 Å². The average Bonchev–Trinajstić information content (AvgIpc) is 3.49. The van der Waals surface area contributed by atoms with Gasteiger partial charge in [0, 0.05) is 37.4 Å². The third kappa shape index (κ3) is 4.15. The van der Waals surface area contributed by atoms with Gasteiger partial charge in [-0.15, -0.1) is 0 Å². The standard InChI is InChI=1S/C27H31N3O3/c31-26(19-29-13-9-23(26)10-14-29)11-8-22-6-7-25(28-24(22)18-21-4-2-1-3-5-21)30-15-12-27(20-30)32-16-17-33-27/h1-7,23,31H,9-10,12-20H2/t26-/m0/s1. The topological polar surface area (TPSA) is 58.1 Å². The smallest absolute Gasteiger partial charge is 0.187 e. The molecular weight excluding hydrogens is 414 g/mol. The third-order valence-electron chi connectivity index (χ3n) is 7.65. The number of benzene rings is 1. The van der Waals surface area contributed by atoms with Crippen LogP contribution in [0.1, 0.15) is 36.1 Å². The van der Waals surface area contributed by atoms with E-state index in [1.165, 1.54) is 5.56 Å². The van der Waals surface area contributed by atoms with E-state index < -0.39 is 11.4 Å². The van der Waals surface area contributed by atoms with Crippen LogP contribution in [0.2, 0.25) is 0 Å². The van der Waals surface area contributed by atoms with Crippen LogP contribution in [0.25, 0.3) is 0 Å². The summed E-state index contributed by atoms with van der Waals surface area (Å²) < 4.78 is 11.8. The summed E-state index contributed by atoms with van der Waals surface area (Å²) in [6.07, 6.45) is 3.62. The molecule has 6 heterocycles. The van der Waals surface area contributed by atoms with E-state index in [9.17, 15) is 5.11 Å². The van der Waals surface area contributed by atoms with Crippen molar-refractivity contribution < 1.29 is 14.6 Å². The Bertz CT molecular complexity index is 1070. The lowest BCUT2D eigenvalue weighted by Crippen LogP contribution is -2.58. The van der Waals surface area contributed by atoms with E-state index in [4.69, 9.17) is 14.5 Å². The van der Waals surface area contributed by atoms with Gasteiger partial charge in [0.15, 0.2) is 5.79 Å². The predicted molar refractivity (Wildman–Crippen MR) is 126 cm³/mol. The number of nitrogens with zero attached hydrogens (tertiary/aromatic N) is 3. The average molecular weight is 446 g/mol. The number of piperidine rings is 3. The Balaban J connectivity index is 1.30. The van der Waals surface area contributed by atoms with Gasteiger partial charge >= 0.3 is 0 Å². The Labute approximate surface area is 195 Å². The van der Waals surface area contributed by atoms with Crippen LogP contribution in [0.3, 0.4) is 0 Å². The summed E-state index contributed by atoms with van der Waals surface area (Å²) in [7, 11) is 0. The molecule has 1 aromatic heterocycles. The number of anilines is 1. The molecule has 7 rings (SSSR count). The van der Waals surface area contributed by atoms with Gasteiger partial charge in [0.1, 0.15) is 11.4 Å². The largest absolute Gasteiger partial charge is 0.376 e. The van der Waals surface area contributed by atoms with Gasteiger partial charge in [-0.3, -0.25) is 4.90 Å². The number of rotatable bonds is 3. The van der Waals surface area contributed by atoms with Crippen molar-refractivity contribution in [3.63, 3.8) is 0 Å². The first kappa shape index (κ1) is 21.1. The molecule has 2 aromatic rings. The van der Waals surface area contributed by atoms with Crippen molar-refractivity contribution in [1.82, 2.24) is 9.88 Å². The monoisotopic (exact) mass is 445 g/mol. The van der Waals surface area contributed by atoms with Gasteiger partial charge in [-0.2, -0.15) is 0 Å². The fraction of sp³-hybridized carbons (Fsp3) is 0.519. The van der Waals surface area contributed by atoms with Gasteiger partial charge in [0.2, 0.25) is 0 Å². The maximum absolute atomic E-state index is 11.3. The molecule has 0 unspecified atom stereocenters. The summed E-state index contributed by atoms with van der Waals surface area (Å²) in [4.78, 5) is 9.64. The first-order chi connectivity index (χ1) is 16.1. The highest BCUT2D eigenvalue weighted by Crippen LogP contribution is 2.36. The van der Waals surface area contributed by atoms with E-state index in [1.807, 2.05) is 12.1 Å². The Hall–Kier alpha value is -2.43. The van der Waals surface area contributed by atoms with E-state index >= 15 is 0 Å². The molecule has 0 saturated carbocycles. The molecule has 1 spiro atoms. The molecule has 0 aliphatic carbocycles. The summed E-state index contributed by atoms with van der Waals surface area (Å²) in [6, 6.07) is 14.5. The number of ether oxygens (including phenoxy) is 2. The van der Waals surface area contributed by atoms with Crippen LogP contribution >= 0.6 is 0 Å². The molecule has 0 radical (unpaired) electrons. The van der Waals surface area contributed by atoms with Gasteiger partial charge in [-0.05, 0) is 43.6 Å². The molecule has 5 aliphatic rings. The van der Waals surface area contributed by atoms with Crippen molar-refractivity contribution in [2.24, 2.45) is 5.92 Å². The van der Waals surface area contributed by atoms with Crippen LogP contribution in [0.4, 0.5) is 5.82 Å². The molecule has 0 amide bonds. The van der Waals surface area contributed by atoms with Crippen molar-refractivity contribution in [3.8, 4) is 11.8 Å². The summed E-state index contributed by atoms with van der Waals surface area (Å²) in [5.74, 6) is 7.34. The number of pyridine rings is 1. The number of fused-ring (bicyclic) bond motifs is 3. The predicted octanol–water partition coefficient (Wildman–Crippen LogP) is 2.43. The fourth-order valence-electron chi connectivity index (χ4n) is 5.74. The van der Waals surface area contributed by atoms with E-state index in [0.717, 1.165) is 56.0 Å². The molecular formula is C27H31N3O3. The first-order valence-electron chi connectivity index (χ1n) is 12.2. The minimum atomic E-state index is -0.919. The van der Waals surface area contributed by atoms with Crippen molar-refractivity contribution in [2.45, 2.75) is 37.1 Å². The Morgan fingerprint density at radius 1 is 1.00 bits per heavy atom. The van der Waals surface area contributed by atoms with Crippen molar-refractivity contribution in [2.75, 3.05) is 50.8 Å². The molecule has 5 aliphatic heterocycles. The molecule has 33 heavy (non-hydrogen) atoms. The first-order valence-corrected chi connectivity index (χ1v) is 12.2. The number of hydrogen-bond donors (Lipinski definition) is 1. The highest BCUT2D eigenvalue weighted by molar-refractivity contribution is 5.50. The third-order valence-corrected chi connectivity index (χ3v) is 7.65. The minimum Gasteiger partial charge on any atom is -0.376 e. The molecule has 5 saturated heterocycles. The van der Waals surface area contributed by atoms with Crippen LogP contribution in [-0.2, 0) is 15.9 Å². The lowest BCUT2D eigenvalue weighted by Gasteiger charge is -2.47. The van der Waals surface area contributed by atoms with Crippen LogP contribution < -0.4 is 4.90 Å². The lowest BCUT2D eigenvalue weighted by atomic mass is 9.75. The zero-order valence-corrected chi connectivity index (χ0v) is 19.0. The Morgan fingerprint density at radius 3 is 2.52 bits per heavy atom. The van der Waals surface area contributed by atoms with Crippen LogP contribution in [0, 0.1) is 17.8 Å². The molecule has 172 valence electrons. The van der Waals surface area contributed by atoms with Crippen LogP contribution in [0.5, 0.6) is 0 Å². The molecule has 1 atom stereocenters. The number of aromatic nitrogens is 1. The number of aliphatic hydroxyl groups is 1. The van der Waals surface area contributed by atoms with E-state index in [0.29, 0.717) is 32.7 Å². The van der Waals surface area contributed by atoms with E-state index in [-0.39, 0.29) is 5.92 Å². The summed E-state index contributed by atoms with van der Waals surface area (Å²) in [5, 5.41) is 11.3. The number of hydrogen-bond acceptors (Lipinski definition) is 6. The van der Waals surface area contributed by atoms with Crippen molar-refractivity contribution in [3.05, 3.63) is 59.3 Å². The fourth-order valence-corrected chi connectivity index (χ4v) is 5.74. The Morgan fingerprint density at radius 2 is 1.79 bits per heavy atom. The van der Waals surface area contributed by atoms with Gasteiger partial charge in [0.05, 0.1) is 25.5 Å². The maximum Gasteiger partial charge on any atom is 0.187 e. The van der Waals surface area contributed by atoms with Crippen LogP contribution in [-0.4, -0.2) is 72.3 Å². The molecule has 6 nitrogen and oxygen atoms in total. The quantitative estimate of drug-likeness (QED) is 0.733. The second-order valence-corrected chi connectivity index (χ2v) is 9.83. The summed E-state index contributed by atoms with van der Waals surface area (Å²) >= 11 is 0. The minimum absolute atomic E-state index is 0.270. The molecule has 5 fully saturated rings. The molecule has 1 N–H and O–H groups in total. The van der Waals surface area contributed by atoms with Gasteiger partial charge in [-0.25, -0.2) is 4.98 Å². The second kappa shape index (κ2) is 8.41. The molecule has 2 bridgehead atoms. The zero-order valence-electron chi connectivity index (χ0n) is 19.0. The Kier molecular flexibility index (Phi) is 5.38. The summed E-state index contributed by atoms with van der Waals surface area (Å²) in [6.45, 7) is 5.70. The van der Waals surface area contributed by atoms with E-state index in [2.05, 4.69) is 52.0 Å². The van der Waals surface area contributed by atoms with Crippen molar-refractivity contribution >= 4 is 5.82 Å². The van der Waals surface area contributed by atoms with E-state index in [1.54, 1.807) is 0 Å². The summed E-state index contributed by atoms with van der Waals surface area (Å²) in [5.41, 5.74) is 2.13. The van der Waals surface area contributed by atoms with Crippen molar-refractivity contribution in [1.29, 1.82) is 0 Å². The van der Waals surface area contributed by atoms with Gasteiger partial charge in [-0.1, -0.05) is 42.2 Å². The highest BCUT2D eigenvalue weighted by Gasteiger charge is 2.45. The molecule has 1 aromatic carbocycles. The second-order valence-electron chi connectivity index (χ2n) is 9.83. The molecule has 6 heteroatoms. The maximum atomic E-state index is 11.3. The highest BCUT2D eigenvalue weighted by atomic mass is 16.7. The SMILES string of the molecule is O[C@@]1(C#Cc2ccc(N3CCC4(C3)OCCO4)nc2Cc2ccccc2)CN2CCC1CC2.